The topological polar surface area (TPSA) is 43.5 Å². The first kappa shape index (κ1) is 20.1. The zero-order chi connectivity index (χ0) is 21.0. The molecular formula is C27H28O4. The smallest absolute Gasteiger partial charge is 0.122 e. The number of hydrogen-bond donors (Lipinski definition) is 0. The molecule has 160 valence electrons. The summed E-state index contributed by atoms with van der Waals surface area (Å²) in [6.45, 7) is 5.11. The van der Waals surface area contributed by atoms with Gasteiger partial charge >= 0.3 is 0 Å². The van der Waals surface area contributed by atoms with Crippen molar-refractivity contribution in [3.8, 4) is 33.8 Å². The molecule has 0 bridgehead atoms. The maximum atomic E-state index is 5.98. The fourth-order valence-corrected chi connectivity index (χ4v) is 3.66. The Kier molecular flexibility index (Phi) is 5.92. The van der Waals surface area contributed by atoms with Crippen molar-refractivity contribution in [2.75, 3.05) is 26.4 Å². The molecule has 5 rings (SSSR count). The van der Waals surface area contributed by atoms with Crippen LogP contribution in [0.2, 0.25) is 0 Å². The minimum Gasteiger partial charge on any atom is -0.491 e. The van der Waals surface area contributed by atoms with Crippen LogP contribution in [0.15, 0.2) is 66.7 Å². The zero-order valence-electron chi connectivity index (χ0n) is 17.9. The van der Waals surface area contributed by atoms with Crippen LogP contribution in [0.4, 0.5) is 0 Å². The summed E-state index contributed by atoms with van der Waals surface area (Å²) in [6, 6.07) is 23.5. The summed E-state index contributed by atoms with van der Waals surface area (Å²) in [6.07, 6.45) is 2.65. The Morgan fingerprint density at radius 1 is 0.710 bits per heavy atom. The normalized spacial score (nSPS) is 19.1. The van der Waals surface area contributed by atoms with E-state index in [-0.39, 0.29) is 12.2 Å². The maximum absolute atomic E-state index is 5.98. The van der Waals surface area contributed by atoms with E-state index in [1.165, 1.54) is 27.8 Å². The summed E-state index contributed by atoms with van der Waals surface area (Å²) in [5.41, 5.74) is 6.06. The van der Waals surface area contributed by atoms with Crippen LogP contribution in [0.5, 0.6) is 11.5 Å². The van der Waals surface area contributed by atoms with Gasteiger partial charge in [-0.2, -0.15) is 0 Å². The molecule has 2 aliphatic heterocycles. The van der Waals surface area contributed by atoms with Crippen molar-refractivity contribution in [3.63, 3.8) is 0 Å². The molecule has 2 saturated heterocycles. The summed E-state index contributed by atoms with van der Waals surface area (Å²) in [5.74, 6) is 1.86. The van der Waals surface area contributed by atoms with Gasteiger partial charge in [0.05, 0.1) is 13.2 Å². The lowest BCUT2D eigenvalue weighted by atomic mass is 9.97. The Morgan fingerprint density at radius 3 is 1.81 bits per heavy atom. The van der Waals surface area contributed by atoms with Gasteiger partial charge < -0.3 is 18.9 Å². The predicted molar refractivity (Wildman–Crippen MR) is 122 cm³/mol. The third kappa shape index (κ3) is 5.27. The lowest BCUT2D eigenvalue weighted by Crippen LogP contribution is -2.06. The van der Waals surface area contributed by atoms with Gasteiger partial charge in [0.1, 0.15) is 36.9 Å². The van der Waals surface area contributed by atoms with Crippen LogP contribution in [0.3, 0.4) is 0 Å². The molecule has 0 N–H and O–H groups in total. The van der Waals surface area contributed by atoms with E-state index in [4.69, 9.17) is 18.9 Å². The van der Waals surface area contributed by atoms with Crippen molar-refractivity contribution in [2.45, 2.75) is 32.0 Å². The standard InChI is InChI=1S/C27H28O4/c1-2-3-23-14-22(10-13-27(23)31-18-26-17-30-26)21-6-4-19(5-7-21)20-8-11-24(12-9-20)28-15-25-16-29-25/h4-14,25-26H,2-3,15-18H2,1H3. The minimum atomic E-state index is 0.273. The fraction of sp³-hybridized carbons (Fsp3) is 0.333. The molecule has 4 heteroatoms. The van der Waals surface area contributed by atoms with Gasteiger partial charge in [-0.25, -0.2) is 0 Å². The maximum Gasteiger partial charge on any atom is 0.122 e. The molecule has 0 amide bonds. The molecule has 2 aliphatic rings. The lowest BCUT2D eigenvalue weighted by molar-refractivity contribution is 0.261. The summed E-state index contributed by atoms with van der Waals surface area (Å²) < 4.78 is 22.2. The van der Waals surface area contributed by atoms with E-state index >= 15 is 0 Å². The van der Waals surface area contributed by atoms with Crippen molar-refractivity contribution in [1.29, 1.82) is 0 Å². The van der Waals surface area contributed by atoms with Crippen LogP contribution in [-0.4, -0.2) is 38.6 Å². The average Bonchev–Trinajstić information content (AvgIpc) is 3.73. The quantitative estimate of drug-likeness (QED) is 0.408. The number of epoxide rings is 2. The number of benzene rings is 3. The highest BCUT2D eigenvalue weighted by atomic mass is 16.6. The molecule has 0 saturated carbocycles. The Bertz CT molecular complexity index is 1000. The van der Waals surface area contributed by atoms with Gasteiger partial charge in [-0.3, -0.25) is 0 Å². The van der Waals surface area contributed by atoms with E-state index in [9.17, 15) is 0 Å². The molecule has 2 fully saturated rings. The number of ether oxygens (including phenoxy) is 4. The summed E-state index contributed by atoms with van der Waals surface area (Å²) in [4.78, 5) is 0. The Balaban J connectivity index is 1.28. The second-order valence-electron chi connectivity index (χ2n) is 8.21. The molecule has 2 heterocycles. The fourth-order valence-electron chi connectivity index (χ4n) is 3.66. The van der Waals surface area contributed by atoms with E-state index in [2.05, 4.69) is 61.5 Å². The van der Waals surface area contributed by atoms with E-state index < -0.39 is 0 Å². The molecule has 3 aromatic rings. The first-order chi connectivity index (χ1) is 15.3. The van der Waals surface area contributed by atoms with Crippen molar-refractivity contribution in [3.05, 3.63) is 72.3 Å². The zero-order valence-corrected chi connectivity index (χ0v) is 17.9. The van der Waals surface area contributed by atoms with Gasteiger partial charge in [-0.15, -0.1) is 0 Å². The van der Waals surface area contributed by atoms with Crippen LogP contribution in [-0.2, 0) is 15.9 Å². The number of hydrogen-bond acceptors (Lipinski definition) is 4. The van der Waals surface area contributed by atoms with E-state index in [0.29, 0.717) is 13.2 Å². The molecule has 0 radical (unpaired) electrons. The van der Waals surface area contributed by atoms with Crippen LogP contribution >= 0.6 is 0 Å². The SMILES string of the molecule is CCCc1cc(-c2ccc(-c3ccc(OCC4CO4)cc3)cc2)ccc1OCC1CO1. The first-order valence-electron chi connectivity index (χ1n) is 11.1. The monoisotopic (exact) mass is 416 g/mol. The predicted octanol–water partition coefficient (Wildman–Crippen LogP) is 5.53. The van der Waals surface area contributed by atoms with Gasteiger partial charge in [0.15, 0.2) is 0 Å². The van der Waals surface area contributed by atoms with Crippen LogP contribution in [0.1, 0.15) is 18.9 Å². The third-order valence-electron chi connectivity index (χ3n) is 5.65. The Hall–Kier alpha value is -2.82. The minimum absolute atomic E-state index is 0.273. The second-order valence-corrected chi connectivity index (χ2v) is 8.21. The number of aryl methyl sites for hydroxylation is 1. The highest BCUT2D eigenvalue weighted by Gasteiger charge is 2.24. The lowest BCUT2D eigenvalue weighted by Gasteiger charge is -2.13. The highest BCUT2D eigenvalue weighted by molar-refractivity contribution is 5.71. The van der Waals surface area contributed by atoms with E-state index in [1.54, 1.807) is 0 Å². The molecule has 0 aliphatic carbocycles. The molecule has 31 heavy (non-hydrogen) atoms. The highest BCUT2D eigenvalue weighted by Crippen LogP contribution is 2.31. The first-order valence-corrected chi connectivity index (χ1v) is 11.1. The number of rotatable bonds is 10. The Labute approximate surface area is 183 Å². The summed E-state index contributed by atoms with van der Waals surface area (Å²) in [7, 11) is 0. The van der Waals surface area contributed by atoms with Crippen molar-refractivity contribution in [1.82, 2.24) is 0 Å². The molecular weight excluding hydrogens is 388 g/mol. The third-order valence-corrected chi connectivity index (χ3v) is 5.65. The molecule has 0 aromatic heterocycles. The van der Waals surface area contributed by atoms with Crippen LogP contribution in [0.25, 0.3) is 22.3 Å². The van der Waals surface area contributed by atoms with Crippen LogP contribution in [0, 0.1) is 0 Å². The van der Waals surface area contributed by atoms with Gasteiger partial charge in [-0.1, -0.05) is 55.8 Å². The van der Waals surface area contributed by atoms with Gasteiger partial charge in [0.2, 0.25) is 0 Å². The summed E-state index contributed by atoms with van der Waals surface area (Å²) in [5, 5.41) is 0. The average molecular weight is 417 g/mol. The van der Waals surface area contributed by atoms with Gasteiger partial charge in [-0.05, 0) is 58.5 Å². The Morgan fingerprint density at radius 2 is 1.23 bits per heavy atom. The summed E-state index contributed by atoms with van der Waals surface area (Å²) >= 11 is 0. The van der Waals surface area contributed by atoms with E-state index in [1.807, 2.05) is 12.1 Å². The molecule has 4 nitrogen and oxygen atoms in total. The van der Waals surface area contributed by atoms with Gasteiger partial charge in [0, 0.05) is 0 Å². The van der Waals surface area contributed by atoms with E-state index in [0.717, 1.165) is 37.6 Å². The van der Waals surface area contributed by atoms with Crippen molar-refractivity contribution in [2.24, 2.45) is 0 Å². The molecule has 0 spiro atoms. The molecule has 3 aromatic carbocycles. The largest absolute Gasteiger partial charge is 0.491 e. The second kappa shape index (κ2) is 9.13. The van der Waals surface area contributed by atoms with Crippen molar-refractivity contribution < 1.29 is 18.9 Å². The van der Waals surface area contributed by atoms with Crippen LogP contribution < -0.4 is 9.47 Å². The van der Waals surface area contributed by atoms with Gasteiger partial charge in [0.25, 0.3) is 0 Å². The van der Waals surface area contributed by atoms with Crippen molar-refractivity contribution >= 4 is 0 Å². The molecule has 2 unspecified atom stereocenters. The molecule has 2 atom stereocenters.